The summed E-state index contributed by atoms with van der Waals surface area (Å²) in [6, 6.07) is 70.5. The van der Waals surface area contributed by atoms with Gasteiger partial charge < -0.3 is 0 Å². The van der Waals surface area contributed by atoms with Crippen molar-refractivity contribution in [3.05, 3.63) is 200 Å². The van der Waals surface area contributed by atoms with Crippen LogP contribution in [0, 0.1) is 0 Å². The average Bonchev–Trinajstić information content (AvgIpc) is 3.62. The molecule has 5 nitrogen and oxygen atoms in total. The van der Waals surface area contributed by atoms with Crippen molar-refractivity contribution < 1.29 is 0 Å². The molecule has 3 aromatic heterocycles. The summed E-state index contributed by atoms with van der Waals surface area (Å²) in [7, 11) is 0. The fourth-order valence-electron chi connectivity index (χ4n) is 8.31. The number of rotatable bonds is 4. The molecule has 11 aromatic rings. The summed E-state index contributed by atoms with van der Waals surface area (Å²) in [4.78, 5) is 16.2. The smallest absolute Gasteiger partial charge is 0.240 e. The monoisotopic (exact) mass is 715 g/mol. The highest BCUT2D eigenvalue weighted by atomic mass is 15.3. The zero-order chi connectivity index (χ0) is 37.0. The third-order valence-corrected chi connectivity index (χ3v) is 10.8. The van der Waals surface area contributed by atoms with E-state index in [4.69, 9.17) is 15.0 Å². The first-order chi connectivity index (χ1) is 27.8. The van der Waals surface area contributed by atoms with Gasteiger partial charge in [-0.2, -0.15) is 15.0 Å². The molecular formula is C51H33N5. The lowest BCUT2D eigenvalue weighted by Gasteiger charge is -2.15. The molecule has 0 radical (unpaired) electrons. The Morgan fingerprint density at radius 3 is 1.11 bits per heavy atom. The topological polar surface area (TPSA) is 48.5 Å². The Morgan fingerprint density at radius 2 is 0.607 bits per heavy atom. The SMILES string of the molecule is c1ccc(-c2ccc3c4ccccc4n(-c4nc(-c5ccccc5)nc(-n5c6ccccc6c6ccccc6c6ccccc6c6ccccc65)n4)c3c2)cc1. The third kappa shape index (κ3) is 5.13. The van der Waals surface area contributed by atoms with Crippen molar-refractivity contribution in [2.45, 2.75) is 0 Å². The van der Waals surface area contributed by atoms with Crippen molar-refractivity contribution in [3.63, 3.8) is 0 Å². The first-order valence-corrected chi connectivity index (χ1v) is 18.9. The summed E-state index contributed by atoms with van der Waals surface area (Å²) in [5.41, 5.74) is 7.19. The lowest BCUT2D eigenvalue weighted by Crippen LogP contribution is -2.11. The molecule has 262 valence electrons. The number of aromatic nitrogens is 5. The van der Waals surface area contributed by atoms with Crippen molar-refractivity contribution in [3.8, 4) is 34.4 Å². The van der Waals surface area contributed by atoms with Crippen molar-refractivity contribution in [2.75, 3.05) is 0 Å². The zero-order valence-electron chi connectivity index (χ0n) is 30.3. The number of hydrogen-bond donors (Lipinski definition) is 0. The molecule has 8 aromatic carbocycles. The molecule has 56 heavy (non-hydrogen) atoms. The molecule has 0 spiro atoms. The molecule has 11 rings (SSSR count). The molecule has 0 aliphatic rings. The van der Waals surface area contributed by atoms with Gasteiger partial charge in [0.25, 0.3) is 0 Å². The van der Waals surface area contributed by atoms with Crippen molar-refractivity contribution in [1.29, 1.82) is 0 Å². The molecule has 0 amide bonds. The van der Waals surface area contributed by atoms with Crippen molar-refractivity contribution in [2.24, 2.45) is 0 Å². The second-order valence-electron chi connectivity index (χ2n) is 14.0. The quantitative estimate of drug-likeness (QED) is 0.182. The summed E-state index contributed by atoms with van der Waals surface area (Å²) in [5, 5.41) is 9.07. The predicted octanol–water partition coefficient (Wildman–Crippen LogP) is 12.8. The number of benzene rings is 8. The Bertz CT molecular complexity index is 3260. The molecular weight excluding hydrogens is 683 g/mol. The van der Waals surface area contributed by atoms with Crippen LogP contribution in [0.3, 0.4) is 0 Å². The molecule has 0 unspecified atom stereocenters. The number of hydrogen-bond acceptors (Lipinski definition) is 3. The fraction of sp³-hybridized carbons (Fsp3) is 0. The third-order valence-electron chi connectivity index (χ3n) is 10.8. The van der Waals surface area contributed by atoms with Crippen LogP contribution in [0.4, 0.5) is 0 Å². The Labute approximate surface area is 322 Å². The summed E-state index contributed by atoms with van der Waals surface area (Å²) in [5.74, 6) is 1.66. The predicted molar refractivity (Wildman–Crippen MR) is 232 cm³/mol. The Kier molecular flexibility index (Phi) is 7.42. The second kappa shape index (κ2) is 13.0. The average molecular weight is 716 g/mol. The van der Waals surface area contributed by atoms with Gasteiger partial charge in [-0.15, -0.1) is 0 Å². The summed E-state index contributed by atoms with van der Waals surface area (Å²) < 4.78 is 4.43. The highest BCUT2D eigenvalue weighted by molar-refractivity contribution is 6.19. The molecule has 0 saturated heterocycles. The van der Waals surface area contributed by atoms with Crippen LogP contribution >= 0.6 is 0 Å². The number of nitrogens with zero attached hydrogens (tertiary/aromatic N) is 5. The fourth-order valence-corrected chi connectivity index (χ4v) is 8.31. The minimum Gasteiger partial charge on any atom is -0.278 e. The van der Waals surface area contributed by atoms with E-state index >= 15 is 0 Å². The molecule has 0 atom stereocenters. The van der Waals surface area contributed by atoms with Crippen LogP contribution < -0.4 is 0 Å². The van der Waals surface area contributed by atoms with Gasteiger partial charge in [0.1, 0.15) is 0 Å². The lowest BCUT2D eigenvalue weighted by atomic mass is 10.0. The van der Waals surface area contributed by atoms with Crippen LogP contribution in [0.2, 0.25) is 0 Å². The molecule has 0 aliphatic heterocycles. The molecule has 5 heteroatoms. The molecule has 3 heterocycles. The summed E-state index contributed by atoms with van der Waals surface area (Å²) >= 11 is 0. The minimum absolute atomic E-state index is 0.524. The van der Waals surface area contributed by atoms with Crippen LogP contribution in [0.15, 0.2) is 200 Å². The molecule has 0 saturated carbocycles. The molecule has 0 bridgehead atoms. The summed E-state index contributed by atoms with van der Waals surface area (Å²) in [6.07, 6.45) is 0. The van der Waals surface area contributed by atoms with Gasteiger partial charge in [-0.3, -0.25) is 9.13 Å². The van der Waals surface area contributed by atoms with Gasteiger partial charge in [-0.25, -0.2) is 0 Å². The number of fused-ring (bicyclic) bond motifs is 10. The van der Waals surface area contributed by atoms with Gasteiger partial charge in [-0.1, -0.05) is 176 Å². The maximum atomic E-state index is 5.51. The van der Waals surface area contributed by atoms with Gasteiger partial charge in [0.15, 0.2) is 5.82 Å². The van der Waals surface area contributed by atoms with E-state index in [1.807, 2.05) is 18.2 Å². The van der Waals surface area contributed by atoms with E-state index in [0.29, 0.717) is 17.7 Å². The van der Waals surface area contributed by atoms with E-state index in [-0.39, 0.29) is 0 Å². The van der Waals surface area contributed by atoms with Crippen LogP contribution in [0.5, 0.6) is 0 Å². The van der Waals surface area contributed by atoms with Gasteiger partial charge >= 0.3 is 0 Å². The minimum atomic E-state index is 0.524. The molecule has 0 aliphatic carbocycles. The van der Waals surface area contributed by atoms with Gasteiger partial charge in [0.05, 0.1) is 22.1 Å². The van der Waals surface area contributed by atoms with Crippen LogP contribution in [-0.4, -0.2) is 24.1 Å². The maximum Gasteiger partial charge on any atom is 0.240 e. The summed E-state index contributed by atoms with van der Waals surface area (Å²) in [6.45, 7) is 0. The van der Waals surface area contributed by atoms with E-state index in [0.717, 1.165) is 71.1 Å². The second-order valence-corrected chi connectivity index (χ2v) is 14.0. The van der Waals surface area contributed by atoms with Crippen molar-refractivity contribution >= 4 is 65.2 Å². The highest BCUT2D eigenvalue weighted by Gasteiger charge is 2.20. The normalized spacial score (nSPS) is 11.6. The highest BCUT2D eigenvalue weighted by Crippen LogP contribution is 2.37. The van der Waals surface area contributed by atoms with Gasteiger partial charge in [0.2, 0.25) is 11.9 Å². The Morgan fingerprint density at radius 1 is 0.250 bits per heavy atom. The molecule has 0 fully saturated rings. The van der Waals surface area contributed by atoms with E-state index < -0.39 is 0 Å². The van der Waals surface area contributed by atoms with E-state index in [1.54, 1.807) is 0 Å². The van der Waals surface area contributed by atoms with E-state index in [2.05, 4.69) is 191 Å². The van der Waals surface area contributed by atoms with Crippen LogP contribution in [0.1, 0.15) is 0 Å². The van der Waals surface area contributed by atoms with Crippen LogP contribution in [-0.2, 0) is 0 Å². The number of para-hydroxylation sites is 3. The van der Waals surface area contributed by atoms with Gasteiger partial charge in [0, 0.05) is 27.1 Å². The van der Waals surface area contributed by atoms with Crippen LogP contribution in [0.25, 0.3) is 99.6 Å². The molecule has 0 N–H and O–H groups in total. The zero-order valence-corrected chi connectivity index (χ0v) is 30.3. The van der Waals surface area contributed by atoms with E-state index in [9.17, 15) is 0 Å². The Balaban J connectivity index is 1.33. The first-order valence-electron chi connectivity index (χ1n) is 18.9. The standard InChI is InChI=1S/C51H33N5/c1-3-17-34(18-4-1)36-31-32-44-43-27-13-16-30-47(43)56(48(44)33-36)51-53-49(35-19-5-2-6-20-35)52-50(54-51)55-45-28-14-11-25-41(45)39-23-9-7-21-37(39)38-22-8-10-24-40(38)42-26-12-15-29-46(42)55/h1-33H. The largest absolute Gasteiger partial charge is 0.278 e. The van der Waals surface area contributed by atoms with Gasteiger partial charge in [-0.05, 0) is 56.9 Å². The Hall–Kier alpha value is -7.63. The maximum absolute atomic E-state index is 5.51. The van der Waals surface area contributed by atoms with E-state index in [1.165, 1.54) is 10.8 Å². The first kappa shape index (κ1) is 31.9. The van der Waals surface area contributed by atoms with Crippen molar-refractivity contribution in [1.82, 2.24) is 24.1 Å². The lowest BCUT2D eigenvalue weighted by molar-refractivity contribution is 0.891.